The number of nitrogens with zero attached hydrogens (tertiary/aromatic N) is 3. The maximum atomic E-state index is 12.2. The van der Waals surface area contributed by atoms with Crippen molar-refractivity contribution in [3.05, 3.63) is 46.2 Å². The van der Waals surface area contributed by atoms with Crippen LogP contribution in [0.25, 0.3) is 11.3 Å². The Kier molecular flexibility index (Phi) is 3.97. The molecule has 2 N–H and O–H groups in total. The first-order valence-electron chi connectivity index (χ1n) is 6.90. The number of aromatic nitrogens is 4. The number of carbonyl (C=O) groups excluding carboxylic acids is 1. The Morgan fingerprint density at radius 1 is 1.36 bits per heavy atom. The fraction of sp³-hybridized carbons (Fsp3) is 0.200. The van der Waals surface area contributed by atoms with Gasteiger partial charge in [-0.05, 0) is 25.5 Å². The Labute approximate surface area is 131 Å². The molecule has 0 aliphatic carbocycles. The first-order chi connectivity index (χ1) is 10.7. The van der Waals surface area contributed by atoms with E-state index in [9.17, 15) is 4.79 Å². The van der Waals surface area contributed by atoms with Gasteiger partial charge in [0, 0.05) is 28.9 Å². The zero-order valence-corrected chi connectivity index (χ0v) is 13.1. The van der Waals surface area contributed by atoms with Gasteiger partial charge in [-0.1, -0.05) is 6.92 Å². The quantitative estimate of drug-likeness (QED) is 0.775. The van der Waals surface area contributed by atoms with Gasteiger partial charge in [0.2, 0.25) is 0 Å². The van der Waals surface area contributed by atoms with Gasteiger partial charge in [-0.25, -0.2) is 4.98 Å². The predicted molar refractivity (Wildman–Crippen MR) is 86.0 cm³/mol. The third-order valence-electron chi connectivity index (χ3n) is 3.27. The summed E-state index contributed by atoms with van der Waals surface area (Å²) in [5, 5.41) is 12.7. The standard InChI is InChI=1S/C15H15N5OS/c1-3-11-13(10-4-6-16-7-5-10)19-20-14(11)18-15(21)12-8-22-9(2)17-12/h4-8H,3H2,1-2H3,(H2,18,19,20,21). The van der Waals surface area contributed by atoms with Gasteiger partial charge in [0.25, 0.3) is 5.91 Å². The van der Waals surface area contributed by atoms with Crippen LogP contribution in [0.4, 0.5) is 5.82 Å². The molecule has 0 saturated carbocycles. The molecule has 3 rings (SSSR count). The normalized spacial score (nSPS) is 10.6. The number of hydrogen-bond acceptors (Lipinski definition) is 5. The number of aryl methyl sites for hydroxylation is 1. The Morgan fingerprint density at radius 2 is 2.14 bits per heavy atom. The first kappa shape index (κ1) is 14.4. The molecule has 0 atom stereocenters. The van der Waals surface area contributed by atoms with Crippen molar-refractivity contribution < 1.29 is 4.79 Å². The Bertz CT molecular complexity index is 793. The SMILES string of the molecule is CCc1c(NC(=O)c2csc(C)n2)n[nH]c1-c1ccncc1. The number of aromatic amines is 1. The van der Waals surface area contributed by atoms with Crippen molar-refractivity contribution in [2.75, 3.05) is 5.32 Å². The maximum absolute atomic E-state index is 12.2. The van der Waals surface area contributed by atoms with Crippen molar-refractivity contribution in [2.45, 2.75) is 20.3 Å². The molecule has 1 amide bonds. The summed E-state index contributed by atoms with van der Waals surface area (Å²) in [7, 11) is 0. The Hall–Kier alpha value is -2.54. The average molecular weight is 313 g/mol. The van der Waals surface area contributed by atoms with Crippen LogP contribution < -0.4 is 5.32 Å². The van der Waals surface area contributed by atoms with Crippen molar-refractivity contribution in [2.24, 2.45) is 0 Å². The summed E-state index contributed by atoms with van der Waals surface area (Å²) < 4.78 is 0. The third kappa shape index (κ3) is 2.75. The van der Waals surface area contributed by atoms with Gasteiger partial charge in [0.15, 0.2) is 5.82 Å². The number of carbonyl (C=O) groups is 1. The minimum Gasteiger partial charge on any atom is -0.303 e. The van der Waals surface area contributed by atoms with Gasteiger partial charge in [-0.2, -0.15) is 5.10 Å². The van der Waals surface area contributed by atoms with Crippen LogP contribution in [-0.4, -0.2) is 26.1 Å². The molecule has 3 aromatic rings. The van der Waals surface area contributed by atoms with E-state index in [1.165, 1.54) is 11.3 Å². The molecule has 22 heavy (non-hydrogen) atoms. The Balaban J connectivity index is 1.89. The molecule has 0 saturated heterocycles. The number of rotatable bonds is 4. The van der Waals surface area contributed by atoms with E-state index in [2.05, 4.69) is 25.5 Å². The van der Waals surface area contributed by atoms with E-state index in [-0.39, 0.29) is 5.91 Å². The van der Waals surface area contributed by atoms with Crippen LogP contribution in [0.15, 0.2) is 29.9 Å². The van der Waals surface area contributed by atoms with E-state index in [0.29, 0.717) is 11.5 Å². The zero-order valence-electron chi connectivity index (χ0n) is 12.3. The van der Waals surface area contributed by atoms with Gasteiger partial charge in [0.05, 0.1) is 10.7 Å². The summed E-state index contributed by atoms with van der Waals surface area (Å²) in [6.07, 6.45) is 4.21. The van der Waals surface area contributed by atoms with Crippen molar-refractivity contribution >= 4 is 23.1 Å². The molecular formula is C15H15N5OS. The molecule has 0 aliphatic rings. The largest absolute Gasteiger partial charge is 0.303 e. The van der Waals surface area contributed by atoms with E-state index in [1.807, 2.05) is 26.0 Å². The van der Waals surface area contributed by atoms with Crippen LogP contribution in [0, 0.1) is 6.92 Å². The molecule has 0 bridgehead atoms. The summed E-state index contributed by atoms with van der Waals surface area (Å²) in [6.45, 7) is 3.90. The summed E-state index contributed by atoms with van der Waals surface area (Å²) in [5.41, 5.74) is 3.27. The second-order valence-corrected chi connectivity index (χ2v) is 5.78. The molecule has 0 aromatic carbocycles. The lowest BCUT2D eigenvalue weighted by Crippen LogP contribution is -2.13. The number of amides is 1. The first-order valence-corrected chi connectivity index (χ1v) is 7.78. The molecule has 0 spiro atoms. The molecule has 7 heteroatoms. The minimum absolute atomic E-state index is 0.244. The number of nitrogens with one attached hydrogen (secondary N) is 2. The molecule has 0 aliphatic heterocycles. The molecule has 0 unspecified atom stereocenters. The van der Waals surface area contributed by atoms with Crippen molar-refractivity contribution in [1.29, 1.82) is 0 Å². The van der Waals surface area contributed by atoms with Gasteiger partial charge < -0.3 is 5.32 Å². The highest BCUT2D eigenvalue weighted by atomic mass is 32.1. The van der Waals surface area contributed by atoms with Gasteiger partial charge in [-0.3, -0.25) is 14.9 Å². The third-order valence-corrected chi connectivity index (χ3v) is 4.05. The monoisotopic (exact) mass is 313 g/mol. The summed E-state index contributed by atoms with van der Waals surface area (Å²) in [4.78, 5) is 20.4. The number of hydrogen-bond donors (Lipinski definition) is 2. The number of thiazole rings is 1. The lowest BCUT2D eigenvalue weighted by Gasteiger charge is -2.04. The number of H-pyrrole nitrogens is 1. The number of pyridine rings is 1. The molecule has 6 nitrogen and oxygen atoms in total. The van der Waals surface area contributed by atoms with Crippen molar-refractivity contribution in [3.63, 3.8) is 0 Å². The van der Waals surface area contributed by atoms with E-state index in [4.69, 9.17) is 0 Å². The molecule has 0 radical (unpaired) electrons. The van der Waals surface area contributed by atoms with E-state index < -0.39 is 0 Å². The van der Waals surface area contributed by atoms with Gasteiger partial charge in [0.1, 0.15) is 5.69 Å². The highest BCUT2D eigenvalue weighted by Crippen LogP contribution is 2.27. The molecule has 112 valence electrons. The van der Waals surface area contributed by atoms with Crippen LogP contribution in [-0.2, 0) is 6.42 Å². The van der Waals surface area contributed by atoms with Gasteiger partial charge in [-0.15, -0.1) is 11.3 Å². The average Bonchev–Trinajstić information content (AvgIpc) is 3.14. The Morgan fingerprint density at radius 3 is 2.77 bits per heavy atom. The zero-order chi connectivity index (χ0) is 15.5. The topological polar surface area (TPSA) is 83.6 Å². The summed E-state index contributed by atoms with van der Waals surface area (Å²) in [6, 6.07) is 3.81. The second-order valence-electron chi connectivity index (χ2n) is 4.72. The molecule has 3 aromatic heterocycles. The van der Waals surface area contributed by atoms with Crippen molar-refractivity contribution in [1.82, 2.24) is 20.2 Å². The minimum atomic E-state index is -0.244. The fourth-order valence-corrected chi connectivity index (χ4v) is 2.80. The molecular weight excluding hydrogens is 298 g/mol. The lowest BCUT2D eigenvalue weighted by molar-refractivity contribution is 0.102. The predicted octanol–water partition coefficient (Wildman–Crippen LogP) is 3.05. The van der Waals surface area contributed by atoms with Crippen LogP contribution >= 0.6 is 11.3 Å². The van der Waals surface area contributed by atoms with E-state index >= 15 is 0 Å². The maximum Gasteiger partial charge on any atom is 0.276 e. The van der Waals surface area contributed by atoms with Crippen LogP contribution in [0.1, 0.15) is 28.0 Å². The van der Waals surface area contributed by atoms with E-state index in [1.54, 1.807) is 17.8 Å². The molecule has 0 fully saturated rings. The van der Waals surface area contributed by atoms with Gasteiger partial charge >= 0.3 is 0 Å². The second kappa shape index (κ2) is 6.07. The van der Waals surface area contributed by atoms with Crippen molar-refractivity contribution in [3.8, 4) is 11.3 Å². The highest BCUT2D eigenvalue weighted by Gasteiger charge is 2.17. The summed E-state index contributed by atoms with van der Waals surface area (Å²) in [5.74, 6) is 0.303. The lowest BCUT2D eigenvalue weighted by atomic mass is 10.1. The van der Waals surface area contributed by atoms with E-state index in [0.717, 1.165) is 28.2 Å². The van der Waals surface area contributed by atoms with Crippen LogP contribution in [0.5, 0.6) is 0 Å². The highest BCUT2D eigenvalue weighted by molar-refractivity contribution is 7.09. The fourth-order valence-electron chi connectivity index (χ4n) is 2.21. The number of anilines is 1. The summed E-state index contributed by atoms with van der Waals surface area (Å²) >= 11 is 1.45. The van der Waals surface area contributed by atoms with Crippen LogP contribution in [0.3, 0.4) is 0 Å². The smallest absolute Gasteiger partial charge is 0.276 e. The molecule has 3 heterocycles. The van der Waals surface area contributed by atoms with Crippen LogP contribution in [0.2, 0.25) is 0 Å².